The molecule has 0 bridgehead atoms. The molecule has 118 valence electrons. The molecule has 2 nitrogen and oxygen atoms in total. The van der Waals surface area contributed by atoms with Crippen LogP contribution in [0, 0.1) is 11.7 Å². The zero-order valence-electron chi connectivity index (χ0n) is 13.6. The number of anilines is 1. The van der Waals surface area contributed by atoms with E-state index in [0.717, 1.165) is 17.2 Å². The van der Waals surface area contributed by atoms with Crippen molar-refractivity contribution >= 4 is 5.69 Å². The van der Waals surface area contributed by atoms with Crippen molar-refractivity contribution in [1.82, 2.24) is 0 Å². The summed E-state index contributed by atoms with van der Waals surface area (Å²) in [5.41, 5.74) is 7.68. The molecule has 0 saturated heterocycles. The molecule has 1 aliphatic rings. The van der Waals surface area contributed by atoms with Gasteiger partial charge in [0.2, 0.25) is 0 Å². The van der Waals surface area contributed by atoms with Crippen molar-refractivity contribution in [3.05, 3.63) is 29.6 Å². The summed E-state index contributed by atoms with van der Waals surface area (Å²) >= 11 is 0. The molecule has 2 N–H and O–H groups in total. The first-order valence-corrected chi connectivity index (χ1v) is 8.28. The Bertz CT molecular complexity index is 451. The Morgan fingerprint density at radius 1 is 1.29 bits per heavy atom. The molecule has 1 saturated carbocycles. The van der Waals surface area contributed by atoms with Gasteiger partial charge in [0.1, 0.15) is 5.82 Å². The average Bonchev–Trinajstić information content (AvgIpc) is 2.48. The molecule has 3 heteroatoms. The number of halogens is 1. The molecule has 21 heavy (non-hydrogen) atoms. The summed E-state index contributed by atoms with van der Waals surface area (Å²) in [5.74, 6) is 0.754. The molecule has 1 unspecified atom stereocenters. The summed E-state index contributed by atoms with van der Waals surface area (Å²) in [4.78, 5) is 2.28. The molecular formula is C18H29FN2. The third-order valence-corrected chi connectivity index (χ3v) is 4.94. The molecule has 0 radical (unpaired) electrons. The first kappa shape index (κ1) is 16.3. The lowest BCUT2D eigenvalue weighted by Gasteiger charge is -2.37. The summed E-state index contributed by atoms with van der Waals surface area (Å²) in [6.07, 6.45) is 6.89. The van der Waals surface area contributed by atoms with Crippen molar-refractivity contribution in [2.24, 2.45) is 11.7 Å². The molecule has 1 aromatic carbocycles. The zero-order valence-corrected chi connectivity index (χ0v) is 13.6. The van der Waals surface area contributed by atoms with Crippen LogP contribution in [0.15, 0.2) is 18.2 Å². The van der Waals surface area contributed by atoms with Gasteiger partial charge >= 0.3 is 0 Å². The largest absolute Gasteiger partial charge is 0.371 e. The van der Waals surface area contributed by atoms with Gasteiger partial charge in [0.15, 0.2) is 0 Å². The number of nitrogens with zero attached hydrogens (tertiary/aromatic N) is 1. The van der Waals surface area contributed by atoms with Crippen LogP contribution in [0.3, 0.4) is 0 Å². The van der Waals surface area contributed by atoms with Crippen LogP contribution < -0.4 is 10.6 Å². The van der Waals surface area contributed by atoms with Gasteiger partial charge in [-0.25, -0.2) is 4.39 Å². The van der Waals surface area contributed by atoms with Crippen molar-refractivity contribution in [3.8, 4) is 0 Å². The van der Waals surface area contributed by atoms with Crippen molar-refractivity contribution in [3.63, 3.8) is 0 Å². The highest BCUT2D eigenvalue weighted by atomic mass is 19.1. The Morgan fingerprint density at radius 3 is 2.52 bits per heavy atom. The topological polar surface area (TPSA) is 29.3 Å². The van der Waals surface area contributed by atoms with Gasteiger partial charge in [-0.3, -0.25) is 0 Å². The van der Waals surface area contributed by atoms with Gasteiger partial charge in [-0.05, 0) is 57.1 Å². The van der Waals surface area contributed by atoms with Crippen LogP contribution in [0.5, 0.6) is 0 Å². The maximum atomic E-state index is 14.2. The van der Waals surface area contributed by atoms with Crippen molar-refractivity contribution in [1.29, 1.82) is 0 Å². The zero-order chi connectivity index (χ0) is 15.4. The van der Waals surface area contributed by atoms with Crippen molar-refractivity contribution in [2.45, 2.75) is 64.5 Å². The molecule has 0 heterocycles. The van der Waals surface area contributed by atoms with E-state index in [4.69, 9.17) is 5.73 Å². The van der Waals surface area contributed by atoms with E-state index in [0.29, 0.717) is 12.5 Å². The molecular weight excluding hydrogens is 263 g/mol. The van der Waals surface area contributed by atoms with Crippen LogP contribution in [0.2, 0.25) is 0 Å². The molecule has 1 aromatic rings. The highest BCUT2D eigenvalue weighted by molar-refractivity contribution is 5.55. The van der Waals surface area contributed by atoms with E-state index in [-0.39, 0.29) is 11.9 Å². The van der Waals surface area contributed by atoms with Crippen LogP contribution >= 0.6 is 0 Å². The van der Waals surface area contributed by atoms with E-state index in [2.05, 4.69) is 18.9 Å². The van der Waals surface area contributed by atoms with Crippen LogP contribution in [0.25, 0.3) is 0 Å². The summed E-state index contributed by atoms with van der Waals surface area (Å²) in [5, 5.41) is 0. The number of hydrogen-bond donors (Lipinski definition) is 1. The SMILES string of the molecule is CCC1CCC(N(C)c2cccc(F)c2CC(C)N)CC1. The molecule has 0 spiro atoms. The third kappa shape index (κ3) is 3.97. The minimum absolute atomic E-state index is 0.0233. The minimum Gasteiger partial charge on any atom is -0.371 e. The number of hydrogen-bond acceptors (Lipinski definition) is 2. The molecule has 1 fully saturated rings. The van der Waals surface area contributed by atoms with Gasteiger partial charge in [-0.15, -0.1) is 0 Å². The smallest absolute Gasteiger partial charge is 0.128 e. The molecule has 1 atom stereocenters. The highest BCUT2D eigenvalue weighted by Crippen LogP contribution is 2.33. The monoisotopic (exact) mass is 292 g/mol. The standard InChI is InChI=1S/C18H29FN2/c1-4-14-8-10-15(11-9-14)21(3)18-7-5-6-17(19)16(18)12-13(2)20/h5-7,13-15H,4,8-12,20H2,1-3H3. The van der Waals surface area contributed by atoms with Gasteiger partial charge in [-0.1, -0.05) is 19.4 Å². The Kier molecular flexibility index (Phi) is 5.63. The Balaban J connectivity index is 2.15. The maximum absolute atomic E-state index is 14.2. The normalized spacial score (nSPS) is 23.9. The van der Waals surface area contributed by atoms with Gasteiger partial charge in [-0.2, -0.15) is 0 Å². The van der Waals surface area contributed by atoms with E-state index in [1.165, 1.54) is 32.1 Å². The van der Waals surface area contributed by atoms with Crippen LogP contribution in [0.1, 0.15) is 51.5 Å². The van der Waals surface area contributed by atoms with Crippen LogP contribution in [0.4, 0.5) is 10.1 Å². The predicted octanol–water partition coefficient (Wildman–Crippen LogP) is 4.12. The highest BCUT2D eigenvalue weighted by Gasteiger charge is 2.25. The summed E-state index contributed by atoms with van der Waals surface area (Å²) in [7, 11) is 2.11. The van der Waals surface area contributed by atoms with Gasteiger partial charge < -0.3 is 10.6 Å². The number of rotatable bonds is 5. The minimum atomic E-state index is -0.126. The van der Waals surface area contributed by atoms with Crippen LogP contribution in [-0.4, -0.2) is 19.1 Å². The molecule has 1 aliphatic carbocycles. The molecule has 0 amide bonds. The summed E-state index contributed by atoms with van der Waals surface area (Å²) in [6.45, 7) is 4.21. The fourth-order valence-corrected chi connectivity index (χ4v) is 3.54. The second kappa shape index (κ2) is 7.26. The first-order chi connectivity index (χ1) is 10.0. The lowest BCUT2D eigenvalue weighted by Crippen LogP contribution is -2.36. The fraction of sp³-hybridized carbons (Fsp3) is 0.667. The van der Waals surface area contributed by atoms with Gasteiger partial charge in [0, 0.05) is 30.4 Å². The van der Waals surface area contributed by atoms with Crippen molar-refractivity contribution < 1.29 is 4.39 Å². The molecule has 0 aliphatic heterocycles. The first-order valence-electron chi connectivity index (χ1n) is 8.28. The number of benzene rings is 1. The molecule has 2 rings (SSSR count). The number of nitrogens with two attached hydrogens (primary N) is 1. The maximum Gasteiger partial charge on any atom is 0.128 e. The summed E-state index contributed by atoms with van der Waals surface area (Å²) in [6, 6.07) is 5.89. The second-order valence-electron chi connectivity index (χ2n) is 6.61. The van der Waals surface area contributed by atoms with E-state index in [1.54, 1.807) is 6.07 Å². The van der Waals surface area contributed by atoms with E-state index >= 15 is 0 Å². The second-order valence-corrected chi connectivity index (χ2v) is 6.61. The van der Waals surface area contributed by atoms with E-state index < -0.39 is 0 Å². The lowest BCUT2D eigenvalue weighted by molar-refractivity contribution is 0.313. The predicted molar refractivity (Wildman–Crippen MR) is 88.2 cm³/mol. The van der Waals surface area contributed by atoms with E-state index in [9.17, 15) is 4.39 Å². The average molecular weight is 292 g/mol. The third-order valence-electron chi connectivity index (χ3n) is 4.94. The Labute approximate surface area is 128 Å². The van der Waals surface area contributed by atoms with E-state index in [1.807, 2.05) is 19.1 Å². The molecule has 0 aromatic heterocycles. The van der Waals surface area contributed by atoms with Gasteiger partial charge in [0.25, 0.3) is 0 Å². The quantitative estimate of drug-likeness (QED) is 0.884. The fourth-order valence-electron chi connectivity index (χ4n) is 3.54. The lowest BCUT2D eigenvalue weighted by atomic mass is 9.83. The Hall–Kier alpha value is -1.09. The van der Waals surface area contributed by atoms with Crippen molar-refractivity contribution in [2.75, 3.05) is 11.9 Å². The summed E-state index contributed by atoms with van der Waals surface area (Å²) < 4.78 is 14.2. The Morgan fingerprint density at radius 2 is 1.95 bits per heavy atom. The van der Waals surface area contributed by atoms with Crippen LogP contribution in [-0.2, 0) is 6.42 Å². The van der Waals surface area contributed by atoms with Gasteiger partial charge in [0.05, 0.1) is 0 Å².